The first kappa shape index (κ1) is 20.7. The Morgan fingerprint density at radius 1 is 1.04 bits per heavy atom. The van der Waals surface area contributed by atoms with Crippen LogP contribution in [0.25, 0.3) is 0 Å². The summed E-state index contributed by atoms with van der Waals surface area (Å²) in [5, 5.41) is 0. The third-order valence-corrected chi connectivity index (χ3v) is 7.08. The SMILES string of the molecule is CC(C)Cc1ccc(S(=O)(=O)N2CCCc3c(NS(C)(=O)=O)cccc32)cc1. The van der Waals surface area contributed by atoms with E-state index in [4.69, 9.17) is 0 Å². The van der Waals surface area contributed by atoms with Gasteiger partial charge in [0, 0.05) is 12.1 Å². The minimum absolute atomic E-state index is 0.245. The molecule has 2 aromatic carbocycles. The lowest BCUT2D eigenvalue weighted by molar-refractivity contribution is 0.586. The molecule has 6 nitrogen and oxygen atoms in total. The van der Waals surface area contributed by atoms with Crippen LogP contribution in [0.15, 0.2) is 47.4 Å². The van der Waals surface area contributed by atoms with Gasteiger partial charge in [0.1, 0.15) is 0 Å². The number of hydrogen-bond donors (Lipinski definition) is 1. The summed E-state index contributed by atoms with van der Waals surface area (Å²) in [4.78, 5) is 0.245. The van der Waals surface area contributed by atoms with Gasteiger partial charge in [-0.25, -0.2) is 16.8 Å². The first-order valence-electron chi connectivity index (χ1n) is 9.29. The Bertz CT molecular complexity index is 1060. The highest BCUT2D eigenvalue weighted by molar-refractivity contribution is 7.93. The number of nitrogens with one attached hydrogen (secondary N) is 1. The van der Waals surface area contributed by atoms with E-state index < -0.39 is 20.0 Å². The molecule has 1 aliphatic heterocycles. The van der Waals surface area contributed by atoms with Gasteiger partial charge in [-0.05, 0) is 55.0 Å². The molecule has 1 heterocycles. The topological polar surface area (TPSA) is 83.6 Å². The molecule has 0 fully saturated rings. The second-order valence-corrected chi connectivity index (χ2v) is 11.2. The Morgan fingerprint density at radius 3 is 2.32 bits per heavy atom. The number of rotatable bonds is 6. The molecule has 0 unspecified atom stereocenters. The summed E-state index contributed by atoms with van der Waals surface area (Å²) in [6.07, 6.45) is 3.23. The Morgan fingerprint density at radius 2 is 1.71 bits per heavy atom. The van der Waals surface area contributed by atoms with Crippen molar-refractivity contribution in [3.05, 3.63) is 53.6 Å². The van der Waals surface area contributed by atoms with Crippen LogP contribution in [-0.2, 0) is 32.9 Å². The van der Waals surface area contributed by atoms with Gasteiger partial charge in [0.15, 0.2) is 0 Å². The zero-order valence-corrected chi connectivity index (χ0v) is 18.0. The Labute approximate surface area is 167 Å². The summed E-state index contributed by atoms with van der Waals surface area (Å²) in [6, 6.07) is 12.1. The van der Waals surface area contributed by atoms with Crippen molar-refractivity contribution in [2.24, 2.45) is 5.92 Å². The maximum absolute atomic E-state index is 13.3. The molecular formula is C20H26N2O4S2. The van der Waals surface area contributed by atoms with Crippen LogP contribution in [0.3, 0.4) is 0 Å². The number of fused-ring (bicyclic) bond motifs is 1. The van der Waals surface area contributed by atoms with Crippen molar-refractivity contribution in [3.63, 3.8) is 0 Å². The van der Waals surface area contributed by atoms with Crippen molar-refractivity contribution in [1.82, 2.24) is 0 Å². The highest BCUT2D eigenvalue weighted by Gasteiger charge is 2.30. The summed E-state index contributed by atoms with van der Waals surface area (Å²) in [6.45, 7) is 4.61. The summed E-state index contributed by atoms with van der Waals surface area (Å²) in [5.74, 6) is 0.497. The predicted octanol–water partition coefficient (Wildman–Crippen LogP) is 3.40. The number of sulfonamides is 2. The average molecular weight is 423 g/mol. The van der Waals surface area contributed by atoms with E-state index in [1.165, 1.54) is 4.31 Å². The zero-order valence-electron chi connectivity index (χ0n) is 16.3. The van der Waals surface area contributed by atoms with Crippen LogP contribution in [0, 0.1) is 5.92 Å². The number of anilines is 2. The summed E-state index contributed by atoms with van der Waals surface area (Å²) in [5.41, 5.74) is 2.78. The van der Waals surface area contributed by atoms with Crippen molar-refractivity contribution in [3.8, 4) is 0 Å². The third kappa shape index (κ3) is 4.50. The first-order chi connectivity index (χ1) is 13.1. The van der Waals surface area contributed by atoms with E-state index in [-0.39, 0.29) is 4.90 Å². The highest BCUT2D eigenvalue weighted by Crippen LogP contribution is 2.36. The number of benzene rings is 2. The smallest absolute Gasteiger partial charge is 0.264 e. The van der Waals surface area contributed by atoms with Gasteiger partial charge in [-0.1, -0.05) is 32.0 Å². The summed E-state index contributed by atoms with van der Waals surface area (Å²) < 4.78 is 53.7. The second-order valence-electron chi connectivity index (χ2n) is 7.60. The molecule has 3 rings (SSSR count). The largest absolute Gasteiger partial charge is 0.283 e. The molecule has 28 heavy (non-hydrogen) atoms. The quantitative estimate of drug-likeness (QED) is 0.773. The van der Waals surface area contributed by atoms with Crippen LogP contribution >= 0.6 is 0 Å². The van der Waals surface area contributed by atoms with Crippen LogP contribution in [0.4, 0.5) is 11.4 Å². The molecule has 0 atom stereocenters. The molecule has 0 saturated heterocycles. The second kappa shape index (κ2) is 7.75. The highest BCUT2D eigenvalue weighted by atomic mass is 32.2. The molecule has 2 aromatic rings. The van der Waals surface area contributed by atoms with Gasteiger partial charge in [-0.2, -0.15) is 0 Å². The van der Waals surface area contributed by atoms with Crippen molar-refractivity contribution < 1.29 is 16.8 Å². The van der Waals surface area contributed by atoms with Crippen LogP contribution in [0.5, 0.6) is 0 Å². The number of hydrogen-bond acceptors (Lipinski definition) is 4. The van der Waals surface area contributed by atoms with Crippen molar-refractivity contribution in [2.45, 2.75) is 38.0 Å². The average Bonchev–Trinajstić information content (AvgIpc) is 2.60. The molecule has 1 aliphatic rings. The number of nitrogens with zero attached hydrogens (tertiary/aromatic N) is 1. The zero-order chi connectivity index (χ0) is 20.5. The Kier molecular flexibility index (Phi) is 5.72. The Hall–Kier alpha value is -2.06. The maximum atomic E-state index is 13.3. The molecule has 0 aliphatic carbocycles. The van der Waals surface area contributed by atoms with Gasteiger partial charge < -0.3 is 0 Å². The minimum atomic E-state index is -3.73. The summed E-state index contributed by atoms with van der Waals surface area (Å²) in [7, 11) is -7.17. The van der Waals surface area contributed by atoms with Gasteiger partial charge in [0.2, 0.25) is 10.0 Å². The molecule has 8 heteroatoms. The molecule has 0 amide bonds. The van der Waals surface area contributed by atoms with Crippen molar-refractivity contribution in [2.75, 3.05) is 21.8 Å². The van der Waals surface area contributed by atoms with Crippen molar-refractivity contribution in [1.29, 1.82) is 0 Å². The van der Waals surface area contributed by atoms with Gasteiger partial charge in [0.05, 0.1) is 22.5 Å². The van der Waals surface area contributed by atoms with E-state index in [2.05, 4.69) is 18.6 Å². The van der Waals surface area contributed by atoms with Gasteiger partial charge in [-0.3, -0.25) is 9.03 Å². The molecule has 0 aromatic heterocycles. The standard InChI is InChI=1S/C20H26N2O4S2/c1-15(2)14-16-9-11-17(12-10-16)28(25,26)22-13-5-6-18-19(21-27(3,23)24)7-4-8-20(18)22/h4,7-12,15,21H,5-6,13-14H2,1-3H3. The molecule has 0 radical (unpaired) electrons. The first-order valence-corrected chi connectivity index (χ1v) is 12.6. The van der Waals surface area contributed by atoms with E-state index in [0.29, 0.717) is 42.2 Å². The molecule has 1 N–H and O–H groups in total. The lowest BCUT2D eigenvalue weighted by Gasteiger charge is -2.31. The predicted molar refractivity (Wildman–Crippen MR) is 113 cm³/mol. The van der Waals surface area contributed by atoms with E-state index in [0.717, 1.165) is 18.2 Å². The lowest BCUT2D eigenvalue weighted by atomic mass is 10.0. The molecular weight excluding hydrogens is 396 g/mol. The van der Waals surface area contributed by atoms with E-state index in [1.54, 1.807) is 30.3 Å². The molecule has 0 saturated carbocycles. The van der Waals surface area contributed by atoms with Gasteiger partial charge >= 0.3 is 0 Å². The normalized spacial score (nSPS) is 14.8. The fourth-order valence-corrected chi connectivity index (χ4v) is 5.66. The van der Waals surface area contributed by atoms with Crippen molar-refractivity contribution >= 4 is 31.4 Å². The molecule has 0 spiro atoms. The van der Waals surface area contributed by atoms with E-state index >= 15 is 0 Å². The fraction of sp³-hybridized carbons (Fsp3) is 0.400. The lowest BCUT2D eigenvalue weighted by Crippen LogP contribution is -2.35. The van der Waals surface area contributed by atoms with Crippen LogP contribution < -0.4 is 9.03 Å². The summed E-state index contributed by atoms with van der Waals surface area (Å²) >= 11 is 0. The molecule has 152 valence electrons. The molecule has 0 bridgehead atoms. The van der Waals surface area contributed by atoms with E-state index in [1.807, 2.05) is 12.1 Å². The van der Waals surface area contributed by atoms with Crippen LogP contribution in [-0.4, -0.2) is 29.6 Å². The Balaban J connectivity index is 1.98. The third-order valence-electron chi connectivity index (χ3n) is 4.66. The van der Waals surface area contributed by atoms with Gasteiger partial charge in [0.25, 0.3) is 10.0 Å². The minimum Gasteiger partial charge on any atom is -0.283 e. The monoisotopic (exact) mass is 422 g/mol. The van der Waals surface area contributed by atoms with E-state index in [9.17, 15) is 16.8 Å². The maximum Gasteiger partial charge on any atom is 0.264 e. The van der Waals surface area contributed by atoms with Crippen LogP contribution in [0.1, 0.15) is 31.4 Å². The van der Waals surface area contributed by atoms with Gasteiger partial charge in [-0.15, -0.1) is 0 Å². The fourth-order valence-electron chi connectivity index (χ4n) is 3.53. The van der Waals surface area contributed by atoms with Crippen LogP contribution in [0.2, 0.25) is 0 Å².